The molecule has 1 amide bonds. The van der Waals surface area contributed by atoms with E-state index in [1.807, 2.05) is 35.1 Å². The molecule has 2 aromatic rings. The lowest BCUT2D eigenvalue weighted by Crippen LogP contribution is -2.38. The van der Waals surface area contributed by atoms with Crippen molar-refractivity contribution in [3.05, 3.63) is 53.9 Å². The second kappa shape index (κ2) is 7.29. The van der Waals surface area contributed by atoms with Crippen molar-refractivity contribution in [3.63, 3.8) is 0 Å². The van der Waals surface area contributed by atoms with Crippen LogP contribution in [0.5, 0.6) is 0 Å². The van der Waals surface area contributed by atoms with Crippen molar-refractivity contribution in [2.24, 2.45) is 5.92 Å². The summed E-state index contributed by atoms with van der Waals surface area (Å²) < 4.78 is 1.81. The molecule has 2 N–H and O–H groups in total. The van der Waals surface area contributed by atoms with Crippen LogP contribution in [-0.4, -0.2) is 32.8 Å². The van der Waals surface area contributed by atoms with Crippen LogP contribution in [-0.2, 0) is 11.3 Å². The minimum atomic E-state index is -0.730. The molecule has 1 heterocycles. The lowest BCUT2D eigenvalue weighted by atomic mass is 9.86. The highest BCUT2D eigenvalue weighted by molar-refractivity contribution is 5.94. The summed E-state index contributed by atoms with van der Waals surface area (Å²) in [5.74, 6) is -1.10. The molecule has 6 heteroatoms. The standard InChI is InChI=1S/C18H21N3O3/c22-17(20-16-7-5-14(6-8-16)18(23)24)15-4-1-3-13(11-15)12-21-10-2-9-19-21/h1-4,9-11,14,16H,5-8,12H2,(H,20,22)(H,23,24). The zero-order valence-corrected chi connectivity index (χ0v) is 13.4. The molecule has 6 nitrogen and oxygen atoms in total. The number of amides is 1. The second-order valence-corrected chi connectivity index (χ2v) is 6.26. The number of benzene rings is 1. The molecule has 0 aliphatic heterocycles. The van der Waals surface area contributed by atoms with Gasteiger partial charge in [0.25, 0.3) is 5.91 Å². The monoisotopic (exact) mass is 327 g/mol. The van der Waals surface area contributed by atoms with Crippen LogP contribution < -0.4 is 5.32 Å². The molecule has 126 valence electrons. The number of hydrogen-bond donors (Lipinski definition) is 2. The molecule has 0 saturated heterocycles. The highest BCUT2D eigenvalue weighted by Gasteiger charge is 2.26. The minimum absolute atomic E-state index is 0.0582. The van der Waals surface area contributed by atoms with Gasteiger partial charge in [-0.3, -0.25) is 14.3 Å². The van der Waals surface area contributed by atoms with Crippen molar-refractivity contribution in [3.8, 4) is 0 Å². The van der Waals surface area contributed by atoms with Crippen molar-refractivity contribution in [2.45, 2.75) is 38.3 Å². The third-order valence-electron chi connectivity index (χ3n) is 4.50. The summed E-state index contributed by atoms with van der Waals surface area (Å²) in [6, 6.07) is 9.43. The van der Waals surface area contributed by atoms with E-state index in [9.17, 15) is 9.59 Å². The average Bonchev–Trinajstić information content (AvgIpc) is 3.08. The largest absolute Gasteiger partial charge is 0.481 e. The molecule has 1 fully saturated rings. The van der Waals surface area contributed by atoms with E-state index in [0.717, 1.165) is 18.4 Å². The maximum absolute atomic E-state index is 12.4. The summed E-state index contributed by atoms with van der Waals surface area (Å²) in [6.45, 7) is 0.623. The van der Waals surface area contributed by atoms with Crippen LogP contribution in [0.1, 0.15) is 41.6 Å². The molecule has 1 aromatic heterocycles. The Morgan fingerprint density at radius 2 is 2.00 bits per heavy atom. The number of aliphatic carboxylic acids is 1. The fourth-order valence-electron chi connectivity index (χ4n) is 3.15. The predicted molar refractivity (Wildman–Crippen MR) is 88.6 cm³/mol. The Hall–Kier alpha value is -2.63. The van der Waals surface area contributed by atoms with E-state index in [1.165, 1.54) is 0 Å². The Morgan fingerprint density at radius 1 is 1.21 bits per heavy atom. The number of aromatic nitrogens is 2. The first-order valence-corrected chi connectivity index (χ1v) is 8.22. The maximum Gasteiger partial charge on any atom is 0.306 e. The van der Waals surface area contributed by atoms with Crippen molar-refractivity contribution in [1.29, 1.82) is 0 Å². The quantitative estimate of drug-likeness (QED) is 0.882. The third-order valence-corrected chi connectivity index (χ3v) is 4.50. The van der Waals surface area contributed by atoms with Gasteiger partial charge in [-0.2, -0.15) is 5.10 Å². The number of carboxylic acid groups (broad SMARTS) is 1. The average molecular weight is 327 g/mol. The van der Waals surface area contributed by atoms with Crippen molar-refractivity contribution in [1.82, 2.24) is 15.1 Å². The fraction of sp³-hybridized carbons (Fsp3) is 0.389. The molecule has 0 spiro atoms. The topological polar surface area (TPSA) is 84.2 Å². The Balaban J connectivity index is 1.58. The Bertz CT molecular complexity index is 704. The predicted octanol–water partition coefficient (Wildman–Crippen LogP) is 2.30. The lowest BCUT2D eigenvalue weighted by Gasteiger charge is -2.26. The highest BCUT2D eigenvalue weighted by Crippen LogP contribution is 2.24. The molecule has 1 aliphatic rings. The summed E-state index contributed by atoms with van der Waals surface area (Å²) in [6.07, 6.45) is 6.29. The molecular weight excluding hydrogens is 306 g/mol. The zero-order chi connectivity index (χ0) is 16.9. The number of rotatable bonds is 5. The third kappa shape index (κ3) is 4.01. The summed E-state index contributed by atoms with van der Waals surface area (Å²) in [7, 11) is 0. The summed E-state index contributed by atoms with van der Waals surface area (Å²) in [5, 5.41) is 16.2. The molecule has 1 saturated carbocycles. The van der Waals surface area contributed by atoms with Gasteiger partial charge >= 0.3 is 5.97 Å². The molecule has 0 unspecified atom stereocenters. The van der Waals surface area contributed by atoms with Gasteiger partial charge in [0.1, 0.15) is 0 Å². The molecule has 0 bridgehead atoms. The van der Waals surface area contributed by atoms with Crippen molar-refractivity contribution >= 4 is 11.9 Å². The van der Waals surface area contributed by atoms with Crippen LogP contribution >= 0.6 is 0 Å². The first kappa shape index (κ1) is 16.2. The summed E-state index contributed by atoms with van der Waals surface area (Å²) >= 11 is 0. The normalized spacial score (nSPS) is 20.5. The first-order valence-electron chi connectivity index (χ1n) is 8.22. The molecular formula is C18H21N3O3. The zero-order valence-electron chi connectivity index (χ0n) is 13.4. The molecule has 0 radical (unpaired) electrons. The Morgan fingerprint density at radius 3 is 2.67 bits per heavy atom. The number of nitrogens with zero attached hydrogens (tertiary/aromatic N) is 2. The van der Waals surface area contributed by atoms with E-state index in [1.54, 1.807) is 12.3 Å². The van der Waals surface area contributed by atoms with Gasteiger partial charge in [0.15, 0.2) is 0 Å². The number of hydrogen-bond acceptors (Lipinski definition) is 3. The van der Waals surface area contributed by atoms with Crippen LogP contribution in [0.15, 0.2) is 42.7 Å². The van der Waals surface area contributed by atoms with E-state index < -0.39 is 5.97 Å². The van der Waals surface area contributed by atoms with Gasteiger partial charge in [0, 0.05) is 24.0 Å². The van der Waals surface area contributed by atoms with Crippen LogP contribution in [0.25, 0.3) is 0 Å². The van der Waals surface area contributed by atoms with E-state index >= 15 is 0 Å². The van der Waals surface area contributed by atoms with Crippen molar-refractivity contribution < 1.29 is 14.7 Å². The maximum atomic E-state index is 12.4. The van der Waals surface area contributed by atoms with Crippen LogP contribution in [0.4, 0.5) is 0 Å². The Labute approximate surface area is 140 Å². The minimum Gasteiger partial charge on any atom is -0.481 e. The van der Waals surface area contributed by atoms with E-state index in [4.69, 9.17) is 5.11 Å². The molecule has 1 aliphatic carbocycles. The summed E-state index contributed by atoms with van der Waals surface area (Å²) in [5.41, 5.74) is 1.64. The lowest BCUT2D eigenvalue weighted by molar-refractivity contribution is -0.142. The van der Waals surface area contributed by atoms with E-state index in [-0.39, 0.29) is 17.9 Å². The van der Waals surface area contributed by atoms with E-state index in [2.05, 4.69) is 10.4 Å². The number of nitrogens with one attached hydrogen (secondary N) is 1. The van der Waals surface area contributed by atoms with Gasteiger partial charge in [0.2, 0.25) is 0 Å². The number of carbonyl (C=O) groups is 2. The number of carboxylic acids is 1. The van der Waals surface area contributed by atoms with Crippen LogP contribution in [0.2, 0.25) is 0 Å². The van der Waals surface area contributed by atoms with Crippen molar-refractivity contribution in [2.75, 3.05) is 0 Å². The highest BCUT2D eigenvalue weighted by atomic mass is 16.4. The smallest absolute Gasteiger partial charge is 0.306 e. The fourth-order valence-corrected chi connectivity index (χ4v) is 3.15. The van der Waals surface area contributed by atoms with Gasteiger partial charge in [-0.05, 0) is 49.4 Å². The van der Waals surface area contributed by atoms with Crippen LogP contribution in [0, 0.1) is 5.92 Å². The molecule has 0 atom stereocenters. The molecule has 1 aromatic carbocycles. The number of carbonyl (C=O) groups excluding carboxylic acids is 1. The molecule has 24 heavy (non-hydrogen) atoms. The van der Waals surface area contributed by atoms with Gasteiger partial charge in [-0.25, -0.2) is 0 Å². The van der Waals surface area contributed by atoms with Gasteiger partial charge < -0.3 is 10.4 Å². The SMILES string of the molecule is O=C(NC1CCC(C(=O)O)CC1)c1cccc(Cn2cccn2)c1. The van der Waals surface area contributed by atoms with Crippen LogP contribution in [0.3, 0.4) is 0 Å². The summed E-state index contributed by atoms with van der Waals surface area (Å²) in [4.78, 5) is 23.4. The van der Waals surface area contributed by atoms with Gasteiger partial charge in [-0.1, -0.05) is 12.1 Å². The second-order valence-electron chi connectivity index (χ2n) is 6.26. The Kier molecular flexibility index (Phi) is 4.93. The van der Waals surface area contributed by atoms with Gasteiger partial charge in [0.05, 0.1) is 12.5 Å². The van der Waals surface area contributed by atoms with E-state index in [0.29, 0.717) is 24.9 Å². The first-order chi connectivity index (χ1) is 11.6. The molecule has 3 rings (SSSR count). The van der Waals surface area contributed by atoms with Gasteiger partial charge in [-0.15, -0.1) is 0 Å².